The van der Waals surface area contributed by atoms with Crippen molar-refractivity contribution in [2.75, 3.05) is 6.61 Å². The fourth-order valence-corrected chi connectivity index (χ4v) is 2.52. The Balaban J connectivity index is 1.53. The number of aromatic nitrogens is 1. The summed E-state index contributed by atoms with van der Waals surface area (Å²) in [5.41, 5.74) is 5.14. The number of amides is 1. The molecule has 3 aromatic rings. The zero-order valence-electron chi connectivity index (χ0n) is 13.0. The van der Waals surface area contributed by atoms with E-state index in [0.29, 0.717) is 10.8 Å². The van der Waals surface area contributed by atoms with Crippen molar-refractivity contribution in [1.82, 2.24) is 10.4 Å². The Morgan fingerprint density at radius 1 is 1.29 bits per heavy atom. The van der Waals surface area contributed by atoms with Crippen LogP contribution >= 0.6 is 11.6 Å². The second-order valence-corrected chi connectivity index (χ2v) is 5.74. The minimum Gasteiger partial charge on any atom is -0.483 e. The van der Waals surface area contributed by atoms with Gasteiger partial charge in [-0.15, -0.1) is 0 Å². The van der Waals surface area contributed by atoms with Gasteiger partial charge in [0.15, 0.2) is 6.61 Å². The predicted molar refractivity (Wildman–Crippen MR) is 95.7 cm³/mol. The van der Waals surface area contributed by atoms with E-state index in [1.165, 1.54) is 0 Å². The molecule has 1 amide bonds. The maximum Gasteiger partial charge on any atom is 0.277 e. The van der Waals surface area contributed by atoms with Crippen LogP contribution < -0.4 is 10.2 Å². The second-order valence-electron chi connectivity index (χ2n) is 5.30. The molecule has 2 aromatic carbocycles. The fraction of sp³-hybridized carbons (Fsp3) is 0.111. The molecule has 0 atom stereocenters. The third-order valence-corrected chi connectivity index (χ3v) is 3.67. The van der Waals surface area contributed by atoms with Crippen molar-refractivity contribution < 1.29 is 9.53 Å². The van der Waals surface area contributed by atoms with Gasteiger partial charge in [0.2, 0.25) is 0 Å². The summed E-state index contributed by atoms with van der Waals surface area (Å²) in [4.78, 5) is 15.0. The van der Waals surface area contributed by atoms with Crippen molar-refractivity contribution in [2.45, 2.75) is 6.92 Å². The van der Waals surface area contributed by atoms with E-state index in [4.69, 9.17) is 16.3 Å². The quantitative estimate of drug-likeness (QED) is 0.549. The van der Waals surface area contributed by atoms with Crippen LogP contribution in [-0.2, 0) is 4.79 Å². The Morgan fingerprint density at radius 2 is 2.12 bits per heavy atom. The van der Waals surface area contributed by atoms with Gasteiger partial charge in [0.25, 0.3) is 5.91 Å². The van der Waals surface area contributed by atoms with Gasteiger partial charge < -0.3 is 9.72 Å². The molecule has 6 heteroatoms. The van der Waals surface area contributed by atoms with Gasteiger partial charge in [0.05, 0.1) is 11.9 Å². The van der Waals surface area contributed by atoms with E-state index in [9.17, 15) is 4.79 Å². The number of benzene rings is 2. The third kappa shape index (κ3) is 3.94. The van der Waals surface area contributed by atoms with Crippen molar-refractivity contribution in [3.05, 3.63) is 64.8 Å². The van der Waals surface area contributed by atoms with Gasteiger partial charge in [-0.05, 0) is 42.8 Å². The van der Waals surface area contributed by atoms with Crippen LogP contribution in [-0.4, -0.2) is 23.7 Å². The Labute approximate surface area is 144 Å². The molecule has 0 saturated heterocycles. The van der Waals surface area contributed by atoms with E-state index in [1.54, 1.807) is 24.4 Å². The van der Waals surface area contributed by atoms with Crippen LogP contribution in [0.15, 0.2) is 53.6 Å². The molecule has 0 aliphatic carbocycles. The number of nitrogens with zero attached hydrogens (tertiary/aromatic N) is 1. The molecule has 0 bridgehead atoms. The standard InChI is InChI=1S/C18H16ClN3O2/c1-12-8-14(19)6-7-17(12)24-11-18(23)22-20-10-15-9-13-4-2-3-5-16(13)21-15/h2-10,21H,11H2,1H3,(H,22,23). The third-order valence-electron chi connectivity index (χ3n) is 3.44. The number of carbonyl (C=O) groups excluding carboxylic acids is 1. The number of aromatic amines is 1. The van der Waals surface area contributed by atoms with Crippen LogP contribution in [0.3, 0.4) is 0 Å². The number of carbonyl (C=O) groups is 1. The summed E-state index contributed by atoms with van der Waals surface area (Å²) in [6.45, 7) is 1.75. The zero-order valence-corrected chi connectivity index (χ0v) is 13.8. The number of hydrogen-bond acceptors (Lipinski definition) is 3. The van der Waals surface area contributed by atoms with Crippen molar-refractivity contribution in [3.8, 4) is 5.75 Å². The number of aryl methyl sites for hydroxylation is 1. The highest BCUT2D eigenvalue weighted by Gasteiger charge is 2.04. The minimum absolute atomic E-state index is 0.119. The number of hydrogen-bond donors (Lipinski definition) is 2. The lowest BCUT2D eigenvalue weighted by Crippen LogP contribution is -2.24. The maximum atomic E-state index is 11.8. The SMILES string of the molecule is Cc1cc(Cl)ccc1OCC(=O)NN=Cc1cc2ccccc2[nH]1. The molecule has 122 valence electrons. The first-order valence-corrected chi connectivity index (χ1v) is 7.78. The number of H-pyrrole nitrogens is 1. The van der Waals surface area contributed by atoms with Crippen molar-refractivity contribution in [1.29, 1.82) is 0 Å². The van der Waals surface area contributed by atoms with E-state index >= 15 is 0 Å². The molecule has 2 N–H and O–H groups in total. The molecular weight excluding hydrogens is 326 g/mol. The predicted octanol–water partition coefficient (Wildman–Crippen LogP) is 3.66. The molecule has 0 aliphatic heterocycles. The van der Waals surface area contributed by atoms with Gasteiger partial charge in [-0.1, -0.05) is 29.8 Å². The Kier molecular flexibility index (Phi) is 4.82. The van der Waals surface area contributed by atoms with E-state index in [0.717, 1.165) is 22.2 Å². The topological polar surface area (TPSA) is 66.5 Å². The minimum atomic E-state index is -0.336. The van der Waals surface area contributed by atoms with Crippen LogP contribution in [0.2, 0.25) is 5.02 Å². The smallest absolute Gasteiger partial charge is 0.277 e. The van der Waals surface area contributed by atoms with Crippen LogP contribution in [0.5, 0.6) is 5.75 Å². The van der Waals surface area contributed by atoms with Crippen LogP contribution in [0.25, 0.3) is 10.9 Å². The van der Waals surface area contributed by atoms with Gasteiger partial charge in [0.1, 0.15) is 5.75 Å². The first-order chi connectivity index (χ1) is 11.6. The summed E-state index contributed by atoms with van der Waals surface area (Å²) < 4.78 is 5.45. The molecule has 1 heterocycles. The van der Waals surface area contributed by atoms with Gasteiger partial charge >= 0.3 is 0 Å². The molecule has 0 aliphatic rings. The highest BCUT2D eigenvalue weighted by atomic mass is 35.5. The number of fused-ring (bicyclic) bond motifs is 1. The molecule has 24 heavy (non-hydrogen) atoms. The summed E-state index contributed by atoms with van der Waals surface area (Å²) in [6.07, 6.45) is 1.56. The largest absolute Gasteiger partial charge is 0.483 e. The second kappa shape index (κ2) is 7.19. The summed E-state index contributed by atoms with van der Waals surface area (Å²) >= 11 is 5.88. The van der Waals surface area contributed by atoms with Crippen molar-refractivity contribution >= 4 is 34.6 Å². The number of ether oxygens (including phenoxy) is 1. The van der Waals surface area contributed by atoms with Crippen LogP contribution in [0.1, 0.15) is 11.3 Å². The van der Waals surface area contributed by atoms with Gasteiger partial charge in [-0.25, -0.2) is 5.43 Å². The Hall–Kier alpha value is -2.79. The van der Waals surface area contributed by atoms with Crippen LogP contribution in [0, 0.1) is 6.92 Å². The summed E-state index contributed by atoms with van der Waals surface area (Å²) in [6, 6.07) is 15.1. The molecule has 0 radical (unpaired) electrons. The first kappa shape index (κ1) is 16.1. The normalized spacial score (nSPS) is 11.1. The van der Waals surface area contributed by atoms with E-state index in [2.05, 4.69) is 15.5 Å². The van der Waals surface area contributed by atoms with Crippen molar-refractivity contribution in [2.24, 2.45) is 5.10 Å². The van der Waals surface area contributed by atoms with Gasteiger partial charge in [-0.2, -0.15) is 5.10 Å². The molecule has 0 saturated carbocycles. The van der Waals surface area contributed by atoms with E-state index < -0.39 is 0 Å². The highest BCUT2D eigenvalue weighted by Crippen LogP contribution is 2.21. The summed E-state index contributed by atoms with van der Waals surface area (Å²) in [5, 5.41) is 5.65. The van der Waals surface area contributed by atoms with Crippen LogP contribution in [0.4, 0.5) is 0 Å². The zero-order chi connectivity index (χ0) is 16.9. The molecule has 0 spiro atoms. The van der Waals surface area contributed by atoms with E-state index in [-0.39, 0.29) is 12.5 Å². The number of hydrazone groups is 1. The number of halogens is 1. The van der Waals surface area contributed by atoms with Gasteiger partial charge in [-0.3, -0.25) is 4.79 Å². The lowest BCUT2D eigenvalue weighted by atomic mass is 10.2. The lowest BCUT2D eigenvalue weighted by Gasteiger charge is -2.08. The Morgan fingerprint density at radius 3 is 2.92 bits per heavy atom. The molecule has 0 fully saturated rings. The molecule has 0 unspecified atom stereocenters. The number of rotatable bonds is 5. The van der Waals surface area contributed by atoms with Gasteiger partial charge in [0, 0.05) is 15.9 Å². The highest BCUT2D eigenvalue weighted by molar-refractivity contribution is 6.30. The van der Waals surface area contributed by atoms with Crippen molar-refractivity contribution in [3.63, 3.8) is 0 Å². The lowest BCUT2D eigenvalue weighted by molar-refractivity contribution is -0.123. The summed E-state index contributed by atoms with van der Waals surface area (Å²) in [5.74, 6) is 0.283. The molecule has 1 aromatic heterocycles. The average Bonchev–Trinajstić information content (AvgIpc) is 2.96. The van der Waals surface area contributed by atoms with E-state index in [1.807, 2.05) is 37.3 Å². The fourth-order valence-electron chi connectivity index (χ4n) is 2.29. The molecule has 3 rings (SSSR count). The maximum absolute atomic E-state index is 11.8. The number of para-hydroxylation sites is 1. The monoisotopic (exact) mass is 341 g/mol. The first-order valence-electron chi connectivity index (χ1n) is 7.40. The molecular formula is C18H16ClN3O2. The average molecular weight is 342 g/mol. The number of nitrogens with one attached hydrogen (secondary N) is 2. The molecule has 5 nitrogen and oxygen atoms in total. The Bertz CT molecular complexity index is 869. The summed E-state index contributed by atoms with van der Waals surface area (Å²) in [7, 11) is 0.